The van der Waals surface area contributed by atoms with Gasteiger partial charge in [-0.15, -0.1) is 0 Å². The van der Waals surface area contributed by atoms with E-state index in [0.717, 1.165) is 18.7 Å². The van der Waals surface area contributed by atoms with E-state index in [0.29, 0.717) is 21.7 Å². The predicted molar refractivity (Wildman–Crippen MR) is 79.8 cm³/mol. The fourth-order valence-corrected chi connectivity index (χ4v) is 2.19. The molecule has 6 nitrogen and oxygen atoms in total. The van der Waals surface area contributed by atoms with Crippen molar-refractivity contribution < 1.29 is 4.74 Å². The van der Waals surface area contributed by atoms with E-state index in [1.807, 2.05) is 33.3 Å². The number of ether oxygens (including phenoxy) is 1. The molecule has 0 unspecified atom stereocenters. The molecule has 1 N–H and O–H groups in total. The van der Waals surface area contributed by atoms with Gasteiger partial charge in [-0.3, -0.25) is 9.48 Å². The molecule has 0 radical (unpaired) electrons. The first kappa shape index (κ1) is 14.2. The highest BCUT2D eigenvalue weighted by Crippen LogP contribution is 2.16. The first-order valence-electron chi connectivity index (χ1n) is 5.97. The summed E-state index contributed by atoms with van der Waals surface area (Å²) in [6.45, 7) is 3.18. The molecule has 7 heteroatoms. The third-order valence-electron chi connectivity index (χ3n) is 2.61. The van der Waals surface area contributed by atoms with Gasteiger partial charge in [-0.2, -0.15) is 5.10 Å². The lowest BCUT2D eigenvalue weighted by atomic mass is 10.3. The zero-order valence-electron chi connectivity index (χ0n) is 10.8. The Kier molecular flexibility index (Phi) is 4.70. The molecule has 2 aromatic heterocycles. The zero-order valence-corrected chi connectivity index (χ0v) is 13.0. The summed E-state index contributed by atoms with van der Waals surface area (Å²) in [6.07, 6.45) is 2.67. The third-order valence-corrected chi connectivity index (χ3v) is 3.72. The molecular formula is C12H15IN4O2. The van der Waals surface area contributed by atoms with E-state index >= 15 is 0 Å². The normalized spacial score (nSPS) is 10.9. The van der Waals surface area contributed by atoms with Crippen molar-refractivity contribution >= 4 is 22.6 Å². The molecule has 0 amide bonds. The van der Waals surface area contributed by atoms with Gasteiger partial charge >= 0.3 is 0 Å². The highest BCUT2D eigenvalue weighted by Gasteiger charge is 2.13. The lowest BCUT2D eigenvalue weighted by Crippen LogP contribution is -2.18. The summed E-state index contributed by atoms with van der Waals surface area (Å²) in [4.78, 5) is 19.2. The molecule has 2 heterocycles. The van der Waals surface area contributed by atoms with Crippen molar-refractivity contribution in [3.8, 4) is 11.5 Å². The van der Waals surface area contributed by atoms with Crippen molar-refractivity contribution in [3.05, 3.63) is 31.9 Å². The minimum Gasteiger partial charge on any atom is -0.378 e. The second-order valence-electron chi connectivity index (χ2n) is 4.05. The number of nitrogens with zero attached hydrogens (tertiary/aromatic N) is 3. The van der Waals surface area contributed by atoms with Crippen LogP contribution in [0.15, 0.2) is 17.1 Å². The SMILES string of the molecule is CCCn1nccc1-c1nc(COC)c(I)c(=O)[nH]1. The second kappa shape index (κ2) is 6.29. The summed E-state index contributed by atoms with van der Waals surface area (Å²) in [5.74, 6) is 0.531. The van der Waals surface area contributed by atoms with E-state index in [-0.39, 0.29) is 5.56 Å². The molecule has 0 saturated heterocycles. The van der Waals surface area contributed by atoms with E-state index in [4.69, 9.17) is 4.74 Å². The lowest BCUT2D eigenvalue weighted by Gasteiger charge is -2.08. The van der Waals surface area contributed by atoms with Crippen LogP contribution >= 0.6 is 22.6 Å². The number of halogens is 1. The highest BCUT2D eigenvalue weighted by atomic mass is 127. The van der Waals surface area contributed by atoms with Crippen LogP contribution in [0.3, 0.4) is 0 Å². The smallest absolute Gasteiger partial charge is 0.265 e. The van der Waals surface area contributed by atoms with Crippen molar-refractivity contribution in [3.63, 3.8) is 0 Å². The van der Waals surface area contributed by atoms with Gasteiger partial charge in [-0.25, -0.2) is 4.98 Å². The largest absolute Gasteiger partial charge is 0.378 e. The van der Waals surface area contributed by atoms with Crippen LogP contribution in [-0.2, 0) is 17.9 Å². The Labute approximate surface area is 124 Å². The molecule has 0 aliphatic heterocycles. The van der Waals surface area contributed by atoms with E-state index in [1.54, 1.807) is 13.3 Å². The van der Waals surface area contributed by atoms with Gasteiger partial charge in [-0.1, -0.05) is 6.92 Å². The standard InChI is InChI=1S/C12H15IN4O2/c1-3-6-17-9(4-5-14-17)11-15-8(7-19-2)10(13)12(18)16-11/h4-5H,3,6-7H2,1-2H3,(H,15,16,18). The van der Waals surface area contributed by atoms with Crippen molar-refractivity contribution in [2.24, 2.45) is 0 Å². The van der Waals surface area contributed by atoms with E-state index in [1.165, 1.54) is 0 Å². The first-order chi connectivity index (χ1) is 9.17. The van der Waals surface area contributed by atoms with Crippen LogP contribution in [0.4, 0.5) is 0 Å². The number of rotatable bonds is 5. The van der Waals surface area contributed by atoms with Crippen LogP contribution in [0.5, 0.6) is 0 Å². The average Bonchev–Trinajstić information content (AvgIpc) is 2.84. The van der Waals surface area contributed by atoms with Crippen LogP contribution in [0, 0.1) is 3.57 Å². The Morgan fingerprint density at radius 1 is 1.53 bits per heavy atom. The molecule has 0 fully saturated rings. The highest BCUT2D eigenvalue weighted by molar-refractivity contribution is 14.1. The van der Waals surface area contributed by atoms with E-state index < -0.39 is 0 Å². The molecule has 0 saturated carbocycles. The number of aromatic nitrogens is 4. The van der Waals surface area contributed by atoms with Gasteiger partial charge in [0, 0.05) is 19.9 Å². The van der Waals surface area contributed by atoms with Crippen LogP contribution in [0.25, 0.3) is 11.5 Å². The summed E-state index contributed by atoms with van der Waals surface area (Å²) in [7, 11) is 1.58. The number of hydrogen-bond acceptors (Lipinski definition) is 4. The Balaban J connectivity index is 2.50. The third kappa shape index (κ3) is 3.03. The predicted octanol–water partition coefficient (Wildman–Crippen LogP) is 1.79. The Morgan fingerprint density at radius 3 is 3.00 bits per heavy atom. The van der Waals surface area contributed by atoms with E-state index in [9.17, 15) is 4.79 Å². The Hall–Kier alpha value is -1.22. The second-order valence-corrected chi connectivity index (χ2v) is 5.13. The number of methoxy groups -OCH3 is 1. The quantitative estimate of drug-likeness (QED) is 0.811. The molecule has 0 aromatic carbocycles. The Morgan fingerprint density at radius 2 is 2.32 bits per heavy atom. The molecular weight excluding hydrogens is 359 g/mol. The molecule has 102 valence electrons. The molecule has 0 bridgehead atoms. The summed E-state index contributed by atoms with van der Waals surface area (Å²) >= 11 is 1.98. The number of aromatic amines is 1. The van der Waals surface area contributed by atoms with Crippen molar-refractivity contribution in [2.45, 2.75) is 26.5 Å². The summed E-state index contributed by atoms with van der Waals surface area (Å²) in [5.41, 5.74) is 1.31. The van der Waals surface area contributed by atoms with Gasteiger partial charge in [0.2, 0.25) is 0 Å². The summed E-state index contributed by atoms with van der Waals surface area (Å²) < 4.78 is 7.47. The van der Waals surface area contributed by atoms with Gasteiger partial charge in [0.05, 0.1) is 12.3 Å². The van der Waals surface area contributed by atoms with E-state index in [2.05, 4.69) is 22.0 Å². The maximum absolute atomic E-state index is 11.9. The minimum atomic E-state index is -0.151. The number of hydrogen-bond donors (Lipinski definition) is 1. The molecule has 2 rings (SSSR count). The van der Waals surface area contributed by atoms with Crippen molar-refractivity contribution in [1.82, 2.24) is 19.7 Å². The van der Waals surface area contributed by atoms with Crippen LogP contribution in [-0.4, -0.2) is 26.9 Å². The van der Waals surface area contributed by atoms with Crippen molar-refractivity contribution in [2.75, 3.05) is 7.11 Å². The number of nitrogens with one attached hydrogen (secondary N) is 1. The molecule has 0 spiro atoms. The zero-order chi connectivity index (χ0) is 13.8. The van der Waals surface area contributed by atoms with Crippen LogP contribution < -0.4 is 5.56 Å². The maximum atomic E-state index is 11.9. The van der Waals surface area contributed by atoms with Gasteiger partial charge < -0.3 is 9.72 Å². The van der Waals surface area contributed by atoms with Crippen LogP contribution in [0.1, 0.15) is 19.0 Å². The maximum Gasteiger partial charge on any atom is 0.265 e. The van der Waals surface area contributed by atoms with Crippen LogP contribution in [0.2, 0.25) is 0 Å². The monoisotopic (exact) mass is 374 g/mol. The fourth-order valence-electron chi connectivity index (χ4n) is 1.78. The van der Waals surface area contributed by atoms with Gasteiger partial charge in [0.1, 0.15) is 9.26 Å². The summed E-state index contributed by atoms with van der Waals surface area (Å²) in [5, 5.41) is 4.23. The molecule has 2 aromatic rings. The first-order valence-corrected chi connectivity index (χ1v) is 7.05. The van der Waals surface area contributed by atoms with Crippen molar-refractivity contribution in [1.29, 1.82) is 0 Å². The van der Waals surface area contributed by atoms with Gasteiger partial charge in [0.15, 0.2) is 5.82 Å². The molecule has 0 aliphatic rings. The van der Waals surface area contributed by atoms with Gasteiger partial charge in [0.25, 0.3) is 5.56 Å². The molecule has 19 heavy (non-hydrogen) atoms. The minimum absolute atomic E-state index is 0.151. The number of H-pyrrole nitrogens is 1. The fraction of sp³-hybridized carbons (Fsp3) is 0.417. The molecule has 0 atom stereocenters. The van der Waals surface area contributed by atoms with Gasteiger partial charge in [-0.05, 0) is 35.1 Å². The average molecular weight is 374 g/mol. The number of aryl methyl sites for hydroxylation is 1. The topological polar surface area (TPSA) is 72.8 Å². The Bertz CT molecular complexity index is 620. The summed E-state index contributed by atoms with van der Waals surface area (Å²) in [6, 6.07) is 1.84. The molecule has 0 aliphatic carbocycles. The lowest BCUT2D eigenvalue weighted by molar-refractivity contribution is 0.180.